The first-order valence-corrected chi connectivity index (χ1v) is 6.14. The zero-order valence-corrected chi connectivity index (χ0v) is 9.59. The van der Waals surface area contributed by atoms with Gasteiger partial charge in [-0.15, -0.1) is 6.58 Å². The van der Waals surface area contributed by atoms with E-state index in [1.165, 1.54) is 14.2 Å². The number of hydrogen-bond donors (Lipinski definition) is 0. The van der Waals surface area contributed by atoms with Crippen molar-refractivity contribution < 1.29 is 18.4 Å². The number of ketones is 1. The third kappa shape index (κ3) is 5.32. The number of carbonyl (C=O) groups is 1. The first kappa shape index (κ1) is 13.6. The Bertz CT molecular complexity index is 229. The van der Waals surface area contributed by atoms with Crippen LogP contribution < -0.4 is 0 Å². The fraction of sp³-hybridized carbons (Fsp3) is 0.667. The number of hydrogen-bond acceptors (Lipinski definition) is 4. The maximum absolute atomic E-state index is 11.5. The lowest BCUT2D eigenvalue weighted by atomic mass is 10.2. The molecular formula is C9H17O4P. The van der Waals surface area contributed by atoms with Crippen LogP contribution in [0.3, 0.4) is 0 Å². The van der Waals surface area contributed by atoms with Crippen molar-refractivity contribution in [2.45, 2.75) is 19.3 Å². The average molecular weight is 220 g/mol. The Morgan fingerprint density at radius 1 is 1.43 bits per heavy atom. The minimum Gasteiger partial charge on any atom is -0.312 e. The molecule has 0 saturated heterocycles. The van der Waals surface area contributed by atoms with Crippen molar-refractivity contribution in [1.82, 2.24) is 0 Å². The normalized spacial score (nSPS) is 11.3. The van der Waals surface area contributed by atoms with E-state index in [0.29, 0.717) is 6.42 Å². The Morgan fingerprint density at radius 2 is 2.00 bits per heavy atom. The third-order valence-electron chi connectivity index (χ3n) is 1.79. The molecule has 0 bridgehead atoms. The molecule has 0 unspecified atom stereocenters. The highest BCUT2D eigenvalue weighted by Gasteiger charge is 2.24. The molecule has 0 radical (unpaired) electrons. The lowest BCUT2D eigenvalue weighted by Crippen LogP contribution is -2.07. The van der Waals surface area contributed by atoms with Crippen molar-refractivity contribution in [3.8, 4) is 0 Å². The number of Topliss-reactive ketones (excluding diaryl/α,β-unsaturated/α-hetero) is 1. The van der Waals surface area contributed by atoms with Crippen molar-refractivity contribution >= 4 is 13.4 Å². The van der Waals surface area contributed by atoms with E-state index in [4.69, 9.17) is 0 Å². The summed E-state index contributed by atoms with van der Waals surface area (Å²) in [5.74, 6) is -0.0983. The van der Waals surface area contributed by atoms with E-state index in [-0.39, 0.29) is 11.9 Å². The molecule has 0 saturated carbocycles. The molecule has 0 heterocycles. The van der Waals surface area contributed by atoms with Crippen LogP contribution in [-0.2, 0) is 18.4 Å². The van der Waals surface area contributed by atoms with Crippen molar-refractivity contribution in [2.75, 3.05) is 20.4 Å². The van der Waals surface area contributed by atoms with Gasteiger partial charge in [-0.3, -0.25) is 9.36 Å². The van der Waals surface area contributed by atoms with Crippen LogP contribution in [0, 0.1) is 0 Å². The molecule has 4 nitrogen and oxygen atoms in total. The van der Waals surface area contributed by atoms with Crippen LogP contribution in [0.5, 0.6) is 0 Å². The predicted octanol–water partition coefficient (Wildman–Crippen LogP) is 2.40. The lowest BCUT2D eigenvalue weighted by Gasteiger charge is -2.11. The van der Waals surface area contributed by atoms with Crippen molar-refractivity contribution in [2.24, 2.45) is 0 Å². The van der Waals surface area contributed by atoms with Gasteiger partial charge in [-0.05, 0) is 12.8 Å². The number of carbonyl (C=O) groups excluding carboxylic acids is 1. The smallest absolute Gasteiger partial charge is 0.312 e. The molecule has 14 heavy (non-hydrogen) atoms. The molecule has 0 N–H and O–H groups in total. The standard InChI is InChI=1S/C9H17O4P/c1-4-5-6-7-9(10)8-14(11,12-2)13-3/h4H,1,5-8H2,2-3H3. The Labute approximate surface area is 84.8 Å². The van der Waals surface area contributed by atoms with Gasteiger partial charge in [0.2, 0.25) is 0 Å². The Balaban J connectivity index is 3.92. The largest absolute Gasteiger partial charge is 0.337 e. The summed E-state index contributed by atoms with van der Waals surface area (Å²) < 4.78 is 20.8. The Morgan fingerprint density at radius 3 is 2.43 bits per heavy atom. The Hall–Kier alpha value is -0.440. The minimum atomic E-state index is -3.16. The second-order valence-electron chi connectivity index (χ2n) is 2.85. The molecule has 0 aromatic rings. The van der Waals surface area contributed by atoms with Gasteiger partial charge in [0, 0.05) is 20.6 Å². The summed E-state index contributed by atoms with van der Waals surface area (Å²) in [6.45, 7) is 3.55. The van der Waals surface area contributed by atoms with Gasteiger partial charge < -0.3 is 9.05 Å². The summed E-state index contributed by atoms with van der Waals surface area (Å²) in [5.41, 5.74) is 0. The van der Waals surface area contributed by atoms with E-state index < -0.39 is 7.60 Å². The van der Waals surface area contributed by atoms with Gasteiger partial charge in [-0.25, -0.2) is 0 Å². The van der Waals surface area contributed by atoms with Crippen LogP contribution in [0.2, 0.25) is 0 Å². The summed E-state index contributed by atoms with van der Waals surface area (Å²) in [4.78, 5) is 11.3. The third-order valence-corrected chi connectivity index (χ3v) is 3.64. The second kappa shape index (κ2) is 6.93. The lowest BCUT2D eigenvalue weighted by molar-refractivity contribution is -0.117. The Kier molecular flexibility index (Phi) is 6.71. The fourth-order valence-electron chi connectivity index (χ4n) is 0.942. The van der Waals surface area contributed by atoms with Crippen LogP contribution in [-0.4, -0.2) is 26.2 Å². The highest BCUT2D eigenvalue weighted by Crippen LogP contribution is 2.46. The minimum absolute atomic E-state index is 0.0983. The van der Waals surface area contributed by atoms with Gasteiger partial charge in [-0.2, -0.15) is 0 Å². The second-order valence-corrected chi connectivity index (χ2v) is 5.12. The number of allylic oxidation sites excluding steroid dienone is 1. The first-order valence-electron chi connectivity index (χ1n) is 4.41. The van der Waals surface area contributed by atoms with E-state index >= 15 is 0 Å². The van der Waals surface area contributed by atoms with E-state index in [1.807, 2.05) is 0 Å². The van der Waals surface area contributed by atoms with Gasteiger partial charge in [0.25, 0.3) is 0 Å². The monoisotopic (exact) mass is 220 g/mol. The molecule has 0 aliphatic heterocycles. The molecule has 0 aliphatic rings. The molecule has 0 amide bonds. The number of rotatable bonds is 8. The SMILES string of the molecule is C=CCCCC(=O)CP(=O)(OC)OC. The van der Waals surface area contributed by atoms with E-state index in [0.717, 1.165) is 12.8 Å². The molecular weight excluding hydrogens is 203 g/mol. The van der Waals surface area contributed by atoms with E-state index in [9.17, 15) is 9.36 Å². The van der Waals surface area contributed by atoms with Crippen molar-refractivity contribution in [3.05, 3.63) is 12.7 Å². The molecule has 5 heteroatoms. The van der Waals surface area contributed by atoms with Crippen LogP contribution in [0.1, 0.15) is 19.3 Å². The maximum Gasteiger partial charge on any atom is 0.337 e. The maximum atomic E-state index is 11.5. The molecule has 0 aromatic heterocycles. The van der Waals surface area contributed by atoms with E-state index in [1.54, 1.807) is 6.08 Å². The molecule has 0 aliphatic carbocycles. The van der Waals surface area contributed by atoms with E-state index in [2.05, 4.69) is 15.6 Å². The predicted molar refractivity (Wildman–Crippen MR) is 55.5 cm³/mol. The topological polar surface area (TPSA) is 52.6 Å². The van der Waals surface area contributed by atoms with Gasteiger partial charge in [0.15, 0.2) is 0 Å². The molecule has 0 fully saturated rings. The molecule has 0 rings (SSSR count). The zero-order valence-electron chi connectivity index (χ0n) is 8.69. The van der Waals surface area contributed by atoms with Crippen LogP contribution in [0.15, 0.2) is 12.7 Å². The summed E-state index contributed by atoms with van der Waals surface area (Å²) in [6.07, 6.45) is 3.52. The summed E-state index contributed by atoms with van der Waals surface area (Å²) in [7, 11) is -0.603. The van der Waals surface area contributed by atoms with Gasteiger partial charge in [0.1, 0.15) is 11.9 Å². The van der Waals surface area contributed by atoms with Gasteiger partial charge in [0.05, 0.1) is 0 Å². The van der Waals surface area contributed by atoms with Crippen LogP contribution in [0.25, 0.3) is 0 Å². The quantitative estimate of drug-likeness (QED) is 0.358. The van der Waals surface area contributed by atoms with Gasteiger partial charge in [-0.1, -0.05) is 6.08 Å². The fourth-order valence-corrected chi connectivity index (χ4v) is 1.94. The summed E-state index contributed by atoms with van der Waals surface area (Å²) in [6, 6.07) is 0. The summed E-state index contributed by atoms with van der Waals surface area (Å²) >= 11 is 0. The molecule has 0 atom stereocenters. The van der Waals surface area contributed by atoms with Gasteiger partial charge >= 0.3 is 7.60 Å². The molecule has 82 valence electrons. The van der Waals surface area contributed by atoms with Crippen molar-refractivity contribution in [3.63, 3.8) is 0 Å². The number of unbranched alkanes of at least 4 members (excludes halogenated alkanes) is 1. The zero-order chi connectivity index (χ0) is 11.0. The van der Waals surface area contributed by atoms with Crippen LogP contribution in [0.4, 0.5) is 0 Å². The van der Waals surface area contributed by atoms with Crippen molar-refractivity contribution in [1.29, 1.82) is 0 Å². The highest BCUT2D eigenvalue weighted by atomic mass is 31.2. The summed E-state index contributed by atoms with van der Waals surface area (Å²) in [5, 5.41) is 0. The molecule has 0 aromatic carbocycles. The van der Waals surface area contributed by atoms with Crippen LogP contribution >= 0.6 is 7.60 Å². The highest BCUT2D eigenvalue weighted by molar-refractivity contribution is 7.54. The first-order chi connectivity index (χ1) is 6.58. The molecule has 0 spiro atoms. The average Bonchev–Trinajstić information content (AvgIpc) is 2.18.